The highest BCUT2D eigenvalue weighted by molar-refractivity contribution is 7.87. The molecule has 0 aromatic heterocycles. The summed E-state index contributed by atoms with van der Waals surface area (Å²) in [6, 6.07) is 3.96. The van der Waals surface area contributed by atoms with E-state index in [-0.39, 0.29) is 5.91 Å². The van der Waals surface area contributed by atoms with Crippen LogP contribution in [0, 0.1) is 0 Å². The topological polar surface area (TPSA) is 88.2 Å². The molecular weight excluding hydrogens is 358 g/mol. The average molecular weight is 385 g/mol. The smallest absolute Gasteiger partial charge is 0.280 e. The fourth-order valence-electron chi connectivity index (χ4n) is 3.13. The minimum absolute atomic E-state index is 0.187. The number of nitrogens with zero attached hydrogens (tertiary/aromatic N) is 2. The van der Waals surface area contributed by atoms with E-state index in [9.17, 15) is 13.2 Å². The number of benzene rings is 1. The normalized spacial score (nSPS) is 22.7. The molecule has 0 saturated carbocycles. The number of ether oxygens (including phenoxy) is 2. The summed E-state index contributed by atoms with van der Waals surface area (Å²) in [5.41, 5.74) is 0.719. The average Bonchev–Trinajstić information content (AvgIpc) is 2.63. The summed E-state index contributed by atoms with van der Waals surface area (Å²) in [6.07, 6.45) is 0.334. The summed E-state index contributed by atoms with van der Waals surface area (Å²) >= 11 is 0. The van der Waals surface area contributed by atoms with Gasteiger partial charge in [-0.05, 0) is 38.0 Å². The number of carbonyl (C=O) groups excluding carboxylic acids is 1. The maximum atomic E-state index is 12.8. The van der Waals surface area contributed by atoms with Gasteiger partial charge in [0.25, 0.3) is 10.2 Å². The van der Waals surface area contributed by atoms with E-state index in [4.69, 9.17) is 9.47 Å². The molecule has 1 heterocycles. The van der Waals surface area contributed by atoms with E-state index in [1.165, 1.54) is 21.3 Å². The third kappa shape index (κ3) is 3.94. The summed E-state index contributed by atoms with van der Waals surface area (Å²) < 4.78 is 39.4. The van der Waals surface area contributed by atoms with Crippen molar-refractivity contribution in [2.45, 2.75) is 32.4 Å². The molecule has 26 heavy (non-hydrogen) atoms. The molecule has 1 aliphatic heterocycles. The molecule has 1 N–H and O–H groups in total. The Labute approximate surface area is 155 Å². The van der Waals surface area contributed by atoms with E-state index in [2.05, 4.69) is 4.72 Å². The summed E-state index contributed by atoms with van der Waals surface area (Å²) in [6.45, 7) is 4.83. The number of nitrogens with one attached hydrogen (secondary N) is 1. The highest BCUT2D eigenvalue weighted by atomic mass is 32.2. The van der Waals surface area contributed by atoms with Gasteiger partial charge in [0.15, 0.2) is 11.5 Å². The van der Waals surface area contributed by atoms with Crippen LogP contribution in [0.2, 0.25) is 0 Å². The molecule has 1 aromatic rings. The van der Waals surface area contributed by atoms with Gasteiger partial charge >= 0.3 is 0 Å². The molecule has 0 unspecified atom stereocenters. The molecule has 146 valence electrons. The Bertz CT molecular complexity index is 749. The second-order valence-electron chi connectivity index (χ2n) is 6.07. The van der Waals surface area contributed by atoms with Crippen LogP contribution in [0.3, 0.4) is 0 Å². The third-order valence-electron chi connectivity index (χ3n) is 4.74. The molecule has 2 rings (SSSR count). The first kappa shape index (κ1) is 20.5. The molecule has 0 spiro atoms. The first-order valence-corrected chi connectivity index (χ1v) is 9.99. The van der Waals surface area contributed by atoms with Crippen LogP contribution < -0.4 is 14.2 Å². The summed E-state index contributed by atoms with van der Waals surface area (Å²) in [5.74, 6) is 0.880. The second-order valence-corrected chi connectivity index (χ2v) is 7.83. The van der Waals surface area contributed by atoms with Gasteiger partial charge in [-0.25, -0.2) is 0 Å². The Morgan fingerprint density at radius 2 is 1.85 bits per heavy atom. The molecule has 1 amide bonds. The SMILES string of the molecule is CCN(CC)C(=O)[C@H]1C[C@@H](c2ccc(OC)c(OC)c2)NS(=O)(=O)N1C. The first-order valence-electron chi connectivity index (χ1n) is 8.55. The molecule has 1 aliphatic rings. The van der Waals surface area contributed by atoms with Crippen molar-refractivity contribution in [3.63, 3.8) is 0 Å². The Balaban J connectivity index is 2.37. The molecule has 1 aromatic carbocycles. The van der Waals surface area contributed by atoms with Gasteiger partial charge in [0.05, 0.1) is 20.3 Å². The zero-order chi connectivity index (χ0) is 19.5. The van der Waals surface area contributed by atoms with Gasteiger partial charge in [-0.1, -0.05) is 6.07 Å². The van der Waals surface area contributed by atoms with E-state index in [1.807, 2.05) is 13.8 Å². The molecule has 2 atom stereocenters. The number of rotatable bonds is 6. The van der Waals surface area contributed by atoms with Crippen LogP contribution in [0.4, 0.5) is 0 Å². The summed E-state index contributed by atoms with van der Waals surface area (Å²) in [5, 5.41) is 0. The lowest BCUT2D eigenvalue weighted by Crippen LogP contribution is -2.57. The van der Waals surface area contributed by atoms with E-state index in [0.717, 1.165) is 9.87 Å². The van der Waals surface area contributed by atoms with E-state index in [1.54, 1.807) is 23.1 Å². The lowest BCUT2D eigenvalue weighted by Gasteiger charge is -2.38. The van der Waals surface area contributed by atoms with Crippen molar-refractivity contribution in [1.29, 1.82) is 0 Å². The van der Waals surface area contributed by atoms with Gasteiger partial charge in [-0.3, -0.25) is 4.79 Å². The molecule has 0 bridgehead atoms. The minimum Gasteiger partial charge on any atom is -0.493 e. The lowest BCUT2D eigenvalue weighted by molar-refractivity contribution is -0.135. The van der Waals surface area contributed by atoms with Crippen LogP contribution in [0.5, 0.6) is 11.5 Å². The maximum absolute atomic E-state index is 12.8. The molecule has 8 nitrogen and oxygen atoms in total. The largest absolute Gasteiger partial charge is 0.493 e. The Morgan fingerprint density at radius 3 is 2.38 bits per heavy atom. The standard InChI is InChI=1S/C17H27N3O5S/c1-6-20(7-2)17(21)14-11-13(18-26(22,23)19(14)3)12-8-9-15(24-4)16(10-12)25-5/h8-10,13-14,18H,6-7,11H2,1-5H3/t13-,14+/m0/s1. The number of carbonyl (C=O) groups is 1. The molecule has 1 fully saturated rings. The lowest BCUT2D eigenvalue weighted by atomic mass is 9.98. The summed E-state index contributed by atoms with van der Waals surface area (Å²) in [4.78, 5) is 14.5. The Hall–Kier alpha value is -1.84. The number of methoxy groups -OCH3 is 2. The fourth-order valence-corrected chi connectivity index (χ4v) is 4.40. The van der Waals surface area contributed by atoms with Crippen molar-refractivity contribution in [3.05, 3.63) is 23.8 Å². The van der Waals surface area contributed by atoms with Crippen LogP contribution in [-0.2, 0) is 15.0 Å². The molecular formula is C17H27N3O5S. The van der Waals surface area contributed by atoms with Gasteiger partial charge in [0.2, 0.25) is 5.91 Å². The quantitative estimate of drug-likeness (QED) is 0.794. The predicted octanol–water partition coefficient (Wildman–Crippen LogP) is 1.15. The number of amides is 1. The van der Waals surface area contributed by atoms with Crippen molar-refractivity contribution in [2.24, 2.45) is 0 Å². The molecule has 0 radical (unpaired) electrons. The van der Waals surface area contributed by atoms with Gasteiger partial charge < -0.3 is 14.4 Å². The van der Waals surface area contributed by atoms with Gasteiger partial charge in [0.1, 0.15) is 6.04 Å². The fraction of sp³-hybridized carbons (Fsp3) is 0.588. The molecule has 9 heteroatoms. The van der Waals surface area contributed by atoms with Crippen LogP contribution in [0.1, 0.15) is 31.9 Å². The molecule has 1 saturated heterocycles. The van der Waals surface area contributed by atoms with E-state index >= 15 is 0 Å². The zero-order valence-corrected chi connectivity index (χ0v) is 16.7. The van der Waals surface area contributed by atoms with Gasteiger partial charge in [-0.15, -0.1) is 0 Å². The number of likely N-dealkylation sites (N-methyl/N-ethyl adjacent to an activating group) is 2. The van der Waals surface area contributed by atoms with Crippen LogP contribution >= 0.6 is 0 Å². The third-order valence-corrected chi connectivity index (χ3v) is 6.33. The van der Waals surface area contributed by atoms with Crippen molar-refractivity contribution in [3.8, 4) is 11.5 Å². The Kier molecular flexibility index (Phi) is 6.48. The van der Waals surface area contributed by atoms with Crippen LogP contribution in [0.15, 0.2) is 18.2 Å². The van der Waals surface area contributed by atoms with Crippen molar-refractivity contribution >= 4 is 16.1 Å². The summed E-state index contributed by atoms with van der Waals surface area (Å²) in [7, 11) is 0.713. The highest BCUT2D eigenvalue weighted by Gasteiger charge is 2.41. The van der Waals surface area contributed by atoms with Crippen LogP contribution in [-0.4, -0.2) is 63.9 Å². The monoisotopic (exact) mass is 385 g/mol. The van der Waals surface area contributed by atoms with E-state index in [0.29, 0.717) is 31.0 Å². The Morgan fingerprint density at radius 1 is 1.23 bits per heavy atom. The van der Waals surface area contributed by atoms with Gasteiger partial charge in [0, 0.05) is 20.1 Å². The zero-order valence-electron chi connectivity index (χ0n) is 15.9. The van der Waals surface area contributed by atoms with Crippen LogP contribution in [0.25, 0.3) is 0 Å². The van der Waals surface area contributed by atoms with Crippen molar-refractivity contribution < 1.29 is 22.7 Å². The minimum atomic E-state index is -3.77. The number of hydrogen-bond acceptors (Lipinski definition) is 5. The second kappa shape index (κ2) is 8.24. The highest BCUT2D eigenvalue weighted by Crippen LogP contribution is 2.34. The van der Waals surface area contributed by atoms with E-state index < -0.39 is 22.3 Å². The van der Waals surface area contributed by atoms with Gasteiger partial charge in [-0.2, -0.15) is 17.4 Å². The molecule has 0 aliphatic carbocycles. The first-order chi connectivity index (χ1) is 12.3. The number of hydrogen-bond donors (Lipinski definition) is 1. The van der Waals surface area contributed by atoms with Crippen molar-refractivity contribution in [1.82, 2.24) is 13.9 Å². The predicted molar refractivity (Wildman–Crippen MR) is 98.4 cm³/mol. The maximum Gasteiger partial charge on any atom is 0.280 e. The van der Waals surface area contributed by atoms with Crippen molar-refractivity contribution in [2.75, 3.05) is 34.4 Å².